The van der Waals surface area contributed by atoms with Crippen molar-refractivity contribution >= 4 is 23.5 Å². The van der Waals surface area contributed by atoms with E-state index in [9.17, 15) is 14.7 Å². The smallest absolute Gasteiger partial charge is 0.310 e. The zero-order chi connectivity index (χ0) is 27.4. The molecule has 1 amide bonds. The molecule has 2 fully saturated rings. The van der Waals surface area contributed by atoms with Crippen LogP contribution in [0.5, 0.6) is 0 Å². The van der Waals surface area contributed by atoms with Gasteiger partial charge in [-0.15, -0.1) is 5.10 Å². The van der Waals surface area contributed by atoms with Crippen molar-refractivity contribution in [1.29, 1.82) is 0 Å². The fourth-order valence-electron chi connectivity index (χ4n) is 6.45. The van der Waals surface area contributed by atoms with Gasteiger partial charge in [0, 0.05) is 5.02 Å². The van der Waals surface area contributed by atoms with Crippen LogP contribution in [0.1, 0.15) is 34.6 Å². The van der Waals surface area contributed by atoms with Crippen LogP contribution in [0, 0.1) is 11.8 Å². The molecule has 2 bridgehead atoms. The average molecular weight is 554 g/mol. The number of carbonyl (C=O) groups is 2. The fourth-order valence-corrected chi connectivity index (χ4v) is 6.58. The van der Waals surface area contributed by atoms with E-state index in [1.54, 1.807) is 27.8 Å². The van der Waals surface area contributed by atoms with Crippen LogP contribution in [-0.2, 0) is 14.3 Å². The van der Waals surface area contributed by atoms with Crippen LogP contribution < -0.4 is 0 Å². The topological polar surface area (TPSA) is 110 Å². The van der Waals surface area contributed by atoms with E-state index in [1.165, 1.54) is 0 Å². The normalized spacial score (nSPS) is 25.5. The number of nitrogens with zero attached hydrogens (tertiary/aromatic N) is 5. The number of carboxylic acid groups (broad SMARTS) is 1. The summed E-state index contributed by atoms with van der Waals surface area (Å²) in [5, 5.41) is 23.5. The third-order valence-electron chi connectivity index (χ3n) is 8.15. The Morgan fingerprint density at radius 2 is 1.57 bits per heavy atom. The summed E-state index contributed by atoms with van der Waals surface area (Å²) >= 11 is 6.23. The zero-order valence-electron chi connectivity index (χ0n) is 21.1. The Morgan fingerprint density at radius 1 is 0.950 bits per heavy atom. The van der Waals surface area contributed by atoms with Crippen LogP contribution in [0.25, 0.3) is 0 Å². The van der Waals surface area contributed by atoms with Gasteiger partial charge in [0.05, 0.1) is 18.6 Å². The summed E-state index contributed by atoms with van der Waals surface area (Å²) in [5.74, 6) is -2.69. The van der Waals surface area contributed by atoms with Gasteiger partial charge < -0.3 is 14.7 Å². The highest BCUT2D eigenvalue weighted by Gasteiger charge is 2.68. The van der Waals surface area contributed by atoms with Gasteiger partial charge in [0.25, 0.3) is 0 Å². The second-order valence-electron chi connectivity index (χ2n) is 10.4. The van der Waals surface area contributed by atoms with Gasteiger partial charge in [-0.1, -0.05) is 96.5 Å². The van der Waals surface area contributed by atoms with Crippen molar-refractivity contribution in [2.45, 2.75) is 23.8 Å². The molecule has 1 N–H and O–H groups in total. The van der Waals surface area contributed by atoms with Crippen molar-refractivity contribution in [2.24, 2.45) is 11.8 Å². The maximum absolute atomic E-state index is 14.1. The SMILES string of the molecule is O=C(O)[C@@H]1[C@H]2C=C[C@]3(CN([C@H](c4ccc(Cl)cc4)c4nnnn4C(c4ccccc4)c4ccccc4)C(=O)[C@@H]13)O2. The summed E-state index contributed by atoms with van der Waals surface area (Å²) in [6.07, 6.45) is 2.99. The minimum atomic E-state index is -1.04. The molecule has 40 heavy (non-hydrogen) atoms. The van der Waals surface area contributed by atoms with E-state index in [1.807, 2.05) is 78.9 Å². The zero-order valence-corrected chi connectivity index (χ0v) is 21.9. The van der Waals surface area contributed by atoms with Crippen LogP contribution in [0.4, 0.5) is 0 Å². The number of aliphatic carboxylic acids is 1. The summed E-state index contributed by atoms with van der Waals surface area (Å²) in [6.45, 7) is 0.175. The first kappa shape index (κ1) is 24.7. The number of carbonyl (C=O) groups excluding carboxylic acids is 1. The lowest BCUT2D eigenvalue weighted by molar-refractivity contribution is -0.148. The Bertz CT molecular complexity index is 1570. The van der Waals surface area contributed by atoms with Crippen LogP contribution in [-0.4, -0.2) is 60.3 Å². The number of carboxylic acids is 1. The molecule has 1 spiro atoms. The van der Waals surface area contributed by atoms with Gasteiger partial charge in [0.1, 0.15) is 23.6 Å². The monoisotopic (exact) mass is 553 g/mol. The Kier molecular flexibility index (Phi) is 5.80. The Hall–Kier alpha value is -4.34. The number of tetrazole rings is 1. The van der Waals surface area contributed by atoms with Crippen molar-refractivity contribution in [3.05, 3.63) is 125 Å². The Labute approximate surface area is 234 Å². The fraction of sp³-hybridized carbons (Fsp3) is 0.233. The number of aromatic nitrogens is 4. The minimum absolute atomic E-state index is 0.175. The number of amides is 1. The molecule has 0 saturated carbocycles. The van der Waals surface area contributed by atoms with E-state index in [-0.39, 0.29) is 18.5 Å². The van der Waals surface area contributed by atoms with Gasteiger partial charge in [-0.2, -0.15) is 0 Å². The molecule has 10 heteroatoms. The standard InChI is InChI=1S/C30H24ClN5O4/c31-21-13-11-20(12-14-21)26(35-17-30-16-15-22(40-30)23(29(38)39)24(30)28(35)37)27-32-33-34-36(27)25(18-7-3-1-4-8-18)19-9-5-2-6-10-19/h1-16,22-26H,17H2,(H,38,39)/t22-,23-,24-,26-,30-/m1/s1. The quantitative estimate of drug-likeness (QED) is 0.345. The van der Waals surface area contributed by atoms with Gasteiger partial charge in [0.15, 0.2) is 5.82 Å². The van der Waals surface area contributed by atoms with Gasteiger partial charge in [-0.05, 0) is 39.2 Å². The summed E-state index contributed by atoms with van der Waals surface area (Å²) in [7, 11) is 0. The Balaban J connectivity index is 1.38. The predicted octanol–water partition coefficient (Wildman–Crippen LogP) is 3.92. The number of benzene rings is 3. The van der Waals surface area contributed by atoms with Crippen LogP contribution in [0.3, 0.4) is 0 Å². The molecule has 5 atom stereocenters. The first-order chi connectivity index (χ1) is 19.5. The second-order valence-corrected chi connectivity index (χ2v) is 10.8. The highest BCUT2D eigenvalue weighted by atomic mass is 35.5. The van der Waals surface area contributed by atoms with E-state index in [4.69, 9.17) is 16.3 Å². The number of halogens is 1. The lowest BCUT2D eigenvalue weighted by Gasteiger charge is -2.31. The molecule has 200 valence electrons. The molecule has 3 aliphatic rings. The maximum atomic E-state index is 14.1. The average Bonchev–Trinajstić information content (AvgIpc) is 3.74. The third kappa shape index (κ3) is 3.76. The number of rotatable bonds is 7. The predicted molar refractivity (Wildman–Crippen MR) is 144 cm³/mol. The first-order valence-electron chi connectivity index (χ1n) is 13.0. The van der Waals surface area contributed by atoms with Crippen molar-refractivity contribution in [1.82, 2.24) is 25.1 Å². The lowest BCUT2D eigenvalue weighted by Crippen LogP contribution is -2.40. The molecule has 0 unspecified atom stereocenters. The summed E-state index contributed by atoms with van der Waals surface area (Å²) in [6, 6.07) is 25.9. The molecule has 3 aromatic carbocycles. The van der Waals surface area contributed by atoms with Crippen molar-refractivity contribution < 1.29 is 19.4 Å². The highest BCUT2D eigenvalue weighted by Crippen LogP contribution is 2.54. The van der Waals surface area contributed by atoms with E-state index < -0.39 is 35.6 Å². The van der Waals surface area contributed by atoms with Crippen LogP contribution >= 0.6 is 11.6 Å². The van der Waals surface area contributed by atoms with E-state index in [0.717, 1.165) is 16.7 Å². The van der Waals surface area contributed by atoms with Gasteiger partial charge in [0.2, 0.25) is 5.91 Å². The van der Waals surface area contributed by atoms with E-state index >= 15 is 0 Å². The number of ether oxygens (including phenoxy) is 1. The Morgan fingerprint density at radius 3 is 2.20 bits per heavy atom. The highest BCUT2D eigenvalue weighted by molar-refractivity contribution is 6.30. The van der Waals surface area contributed by atoms with Gasteiger partial charge >= 0.3 is 5.97 Å². The molecule has 4 heterocycles. The number of hydrogen-bond acceptors (Lipinski definition) is 6. The van der Waals surface area contributed by atoms with Gasteiger partial charge in [-0.25, -0.2) is 4.68 Å². The van der Waals surface area contributed by atoms with E-state index in [2.05, 4.69) is 15.5 Å². The largest absolute Gasteiger partial charge is 0.481 e. The second kappa shape index (κ2) is 9.39. The minimum Gasteiger partial charge on any atom is -0.481 e. The summed E-state index contributed by atoms with van der Waals surface area (Å²) < 4.78 is 7.91. The van der Waals surface area contributed by atoms with Crippen molar-refractivity contribution in [3.63, 3.8) is 0 Å². The van der Waals surface area contributed by atoms with E-state index in [0.29, 0.717) is 10.8 Å². The van der Waals surface area contributed by atoms with Crippen molar-refractivity contribution in [3.8, 4) is 0 Å². The molecule has 9 nitrogen and oxygen atoms in total. The number of hydrogen-bond donors (Lipinski definition) is 1. The number of fused-ring (bicyclic) bond motifs is 1. The number of likely N-dealkylation sites (tertiary alicyclic amines) is 1. The van der Waals surface area contributed by atoms with Crippen LogP contribution in [0.15, 0.2) is 97.1 Å². The van der Waals surface area contributed by atoms with Gasteiger partial charge in [-0.3, -0.25) is 9.59 Å². The van der Waals surface area contributed by atoms with Crippen LogP contribution in [0.2, 0.25) is 5.02 Å². The first-order valence-corrected chi connectivity index (χ1v) is 13.4. The molecule has 3 aliphatic heterocycles. The molecule has 1 aromatic heterocycles. The molecular weight excluding hydrogens is 530 g/mol. The molecule has 4 aromatic rings. The molecule has 0 radical (unpaired) electrons. The summed E-state index contributed by atoms with van der Waals surface area (Å²) in [4.78, 5) is 28.0. The lowest BCUT2D eigenvalue weighted by atomic mass is 9.77. The maximum Gasteiger partial charge on any atom is 0.310 e. The molecule has 2 saturated heterocycles. The third-order valence-corrected chi connectivity index (χ3v) is 8.40. The van der Waals surface area contributed by atoms with Crippen molar-refractivity contribution in [2.75, 3.05) is 6.54 Å². The molecule has 0 aliphatic carbocycles. The molecule has 7 rings (SSSR count). The molecular formula is C30H24ClN5O4. The summed E-state index contributed by atoms with van der Waals surface area (Å²) in [5.41, 5.74) is 1.68.